The summed E-state index contributed by atoms with van der Waals surface area (Å²) in [6.07, 6.45) is 0. The zero-order chi connectivity index (χ0) is 14.8. The second-order valence-electron chi connectivity index (χ2n) is 5.33. The zero-order valence-electron chi connectivity index (χ0n) is 11.6. The van der Waals surface area contributed by atoms with Crippen LogP contribution >= 0.6 is 0 Å². The summed E-state index contributed by atoms with van der Waals surface area (Å²) >= 11 is 0. The van der Waals surface area contributed by atoms with Gasteiger partial charge in [-0.2, -0.15) is 0 Å². The molecule has 1 saturated heterocycles. The molecule has 1 aliphatic rings. The quantitative estimate of drug-likeness (QED) is 0.867. The summed E-state index contributed by atoms with van der Waals surface area (Å²) in [5.41, 5.74) is -0.132. The lowest BCUT2D eigenvalue weighted by Crippen LogP contribution is -2.62. The topological polar surface area (TPSA) is 61.4 Å². The van der Waals surface area contributed by atoms with E-state index in [1.54, 1.807) is 13.8 Å². The van der Waals surface area contributed by atoms with Crippen molar-refractivity contribution in [3.05, 3.63) is 30.1 Å². The molecule has 1 aromatic rings. The Bertz CT molecular complexity index is 514. The van der Waals surface area contributed by atoms with Crippen LogP contribution in [0, 0.1) is 5.82 Å². The molecule has 2 N–H and O–H groups in total. The lowest BCUT2D eigenvalue weighted by molar-refractivity contribution is -0.142. The van der Waals surface area contributed by atoms with Crippen LogP contribution in [0.15, 0.2) is 24.3 Å². The summed E-state index contributed by atoms with van der Waals surface area (Å²) in [5.74, 6) is -0.748. The Morgan fingerprint density at radius 1 is 1.40 bits per heavy atom. The summed E-state index contributed by atoms with van der Waals surface area (Å²) in [6, 6.07) is 5.51. The van der Waals surface area contributed by atoms with Gasteiger partial charge in [-0.05, 0) is 38.1 Å². The van der Waals surface area contributed by atoms with Gasteiger partial charge in [0.1, 0.15) is 5.82 Å². The molecule has 1 aliphatic heterocycles. The number of nitrogens with one attached hydrogen (secondary N) is 2. The molecule has 0 radical (unpaired) electrons. The predicted octanol–water partition coefficient (Wildman–Crippen LogP) is 0.975. The van der Waals surface area contributed by atoms with Crippen LogP contribution in [0.5, 0.6) is 0 Å². The number of amides is 2. The van der Waals surface area contributed by atoms with Gasteiger partial charge in [-0.3, -0.25) is 9.59 Å². The first-order valence-electron chi connectivity index (χ1n) is 6.48. The lowest BCUT2D eigenvalue weighted by Gasteiger charge is -2.37. The molecule has 2 amide bonds. The molecule has 0 spiro atoms. The number of hydrogen-bond acceptors (Lipinski definition) is 3. The Morgan fingerprint density at radius 2 is 2.05 bits per heavy atom. The van der Waals surface area contributed by atoms with Gasteiger partial charge in [-0.25, -0.2) is 4.39 Å². The van der Waals surface area contributed by atoms with Crippen LogP contribution in [0.3, 0.4) is 0 Å². The van der Waals surface area contributed by atoms with Gasteiger partial charge in [0.25, 0.3) is 0 Å². The first-order chi connectivity index (χ1) is 9.38. The van der Waals surface area contributed by atoms with E-state index in [0.29, 0.717) is 18.8 Å². The standard InChI is InChI=1S/C14H18FN3O2/c1-14(2)13(20)18(8-7-16-14)9-12(19)17-11-5-3-10(15)4-6-11/h3-6,16H,7-9H2,1-2H3,(H,17,19). The van der Waals surface area contributed by atoms with E-state index >= 15 is 0 Å². The monoisotopic (exact) mass is 279 g/mol. The lowest BCUT2D eigenvalue weighted by atomic mass is 10.0. The molecular weight excluding hydrogens is 261 g/mol. The maximum absolute atomic E-state index is 12.8. The minimum atomic E-state index is -0.644. The molecule has 0 saturated carbocycles. The van der Waals surface area contributed by atoms with Crippen molar-refractivity contribution in [3.63, 3.8) is 0 Å². The third-order valence-corrected chi connectivity index (χ3v) is 3.23. The molecule has 2 rings (SSSR count). The van der Waals surface area contributed by atoms with Crippen LogP contribution in [0.4, 0.5) is 10.1 Å². The smallest absolute Gasteiger partial charge is 0.243 e. The molecule has 108 valence electrons. The van der Waals surface area contributed by atoms with Crippen molar-refractivity contribution < 1.29 is 14.0 Å². The van der Waals surface area contributed by atoms with E-state index in [1.165, 1.54) is 29.2 Å². The molecule has 1 aromatic carbocycles. The normalized spacial score (nSPS) is 17.9. The van der Waals surface area contributed by atoms with Gasteiger partial charge in [0.05, 0.1) is 12.1 Å². The number of anilines is 1. The number of hydrogen-bond donors (Lipinski definition) is 2. The van der Waals surface area contributed by atoms with Gasteiger partial charge in [0.15, 0.2) is 0 Å². The highest BCUT2D eigenvalue weighted by molar-refractivity contribution is 5.96. The van der Waals surface area contributed by atoms with E-state index in [2.05, 4.69) is 10.6 Å². The number of rotatable bonds is 3. The number of piperazine rings is 1. The van der Waals surface area contributed by atoms with Crippen LogP contribution in [0.25, 0.3) is 0 Å². The molecule has 5 nitrogen and oxygen atoms in total. The summed E-state index contributed by atoms with van der Waals surface area (Å²) in [4.78, 5) is 25.5. The molecule has 0 atom stereocenters. The maximum Gasteiger partial charge on any atom is 0.243 e. The molecule has 0 aromatic heterocycles. The first kappa shape index (κ1) is 14.5. The SMILES string of the molecule is CC1(C)NCCN(CC(=O)Nc2ccc(F)cc2)C1=O. The number of carbonyl (C=O) groups is 2. The van der Waals surface area contributed by atoms with E-state index in [4.69, 9.17) is 0 Å². The summed E-state index contributed by atoms with van der Waals surface area (Å²) in [6.45, 7) is 4.74. The predicted molar refractivity (Wildman–Crippen MR) is 73.7 cm³/mol. The Morgan fingerprint density at radius 3 is 2.70 bits per heavy atom. The number of nitrogens with zero attached hydrogens (tertiary/aromatic N) is 1. The molecular formula is C14H18FN3O2. The fraction of sp³-hybridized carbons (Fsp3) is 0.429. The van der Waals surface area contributed by atoms with Crippen molar-refractivity contribution in [1.29, 1.82) is 0 Å². The number of benzene rings is 1. The summed E-state index contributed by atoms with van der Waals surface area (Å²) < 4.78 is 12.8. The largest absolute Gasteiger partial charge is 0.331 e. The Hall–Kier alpha value is -1.95. The molecule has 1 fully saturated rings. The average Bonchev–Trinajstić information content (AvgIpc) is 2.38. The molecule has 1 heterocycles. The van der Waals surface area contributed by atoms with Crippen LogP contribution in [-0.2, 0) is 9.59 Å². The van der Waals surface area contributed by atoms with E-state index in [0.717, 1.165) is 0 Å². The van der Waals surface area contributed by atoms with Crippen LogP contribution in [-0.4, -0.2) is 41.9 Å². The molecule has 20 heavy (non-hydrogen) atoms. The third-order valence-electron chi connectivity index (χ3n) is 3.23. The van der Waals surface area contributed by atoms with Gasteiger partial charge in [0, 0.05) is 18.8 Å². The molecule has 0 bridgehead atoms. The van der Waals surface area contributed by atoms with Crippen molar-refractivity contribution >= 4 is 17.5 Å². The van der Waals surface area contributed by atoms with Crippen LogP contribution in [0.1, 0.15) is 13.8 Å². The highest BCUT2D eigenvalue weighted by Crippen LogP contribution is 2.13. The van der Waals surface area contributed by atoms with Gasteiger partial charge in [-0.1, -0.05) is 0 Å². The van der Waals surface area contributed by atoms with E-state index in [1.807, 2.05) is 0 Å². The minimum Gasteiger partial charge on any atom is -0.331 e. The van der Waals surface area contributed by atoms with Crippen LogP contribution < -0.4 is 10.6 Å². The van der Waals surface area contributed by atoms with Gasteiger partial charge in [0.2, 0.25) is 11.8 Å². The molecule has 6 heteroatoms. The first-order valence-corrected chi connectivity index (χ1v) is 6.48. The Labute approximate surface area is 117 Å². The maximum atomic E-state index is 12.8. The number of halogens is 1. The van der Waals surface area contributed by atoms with Gasteiger partial charge in [-0.15, -0.1) is 0 Å². The van der Waals surface area contributed by atoms with Crippen LogP contribution in [0.2, 0.25) is 0 Å². The minimum absolute atomic E-state index is 0.00131. The van der Waals surface area contributed by atoms with E-state index < -0.39 is 5.54 Å². The highest BCUT2D eigenvalue weighted by Gasteiger charge is 2.35. The van der Waals surface area contributed by atoms with Gasteiger partial charge >= 0.3 is 0 Å². The average molecular weight is 279 g/mol. The Balaban J connectivity index is 1.94. The fourth-order valence-corrected chi connectivity index (χ4v) is 2.13. The summed E-state index contributed by atoms with van der Waals surface area (Å²) in [5, 5.41) is 5.75. The van der Waals surface area contributed by atoms with Crippen molar-refractivity contribution in [1.82, 2.24) is 10.2 Å². The zero-order valence-corrected chi connectivity index (χ0v) is 11.6. The molecule has 0 aliphatic carbocycles. The second kappa shape index (κ2) is 5.58. The third kappa shape index (κ3) is 3.33. The van der Waals surface area contributed by atoms with Crippen molar-refractivity contribution in [2.24, 2.45) is 0 Å². The van der Waals surface area contributed by atoms with Crippen molar-refractivity contribution in [2.75, 3.05) is 25.0 Å². The fourth-order valence-electron chi connectivity index (χ4n) is 2.13. The number of carbonyl (C=O) groups excluding carboxylic acids is 2. The van der Waals surface area contributed by atoms with E-state index in [9.17, 15) is 14.0 Å². The Kier molecular flexibility index (Phi) is 4.04. The molecule has 0 unspecified atom stereocenters. The second-order valence-corrected chi connectivity index (χ2v) is 5.33. The van der Waals surface area contributed by atoms with Gasteiger partial charge < -0.3 is 15.5 Å². The summed E-state index contributed by atoms with van der Waals surface area (Å²) in [7, 11) is 0. The van der Waals surface area contributed by atoms with Crippen molar-refractivity contribution in [2.45, 2.75) is 19.4 Å². The van der Waals surface area contributed by atoms with E-state index in [-0.39, 0.29) is 24.2 Å². The highest BCUT2D eigenvalue weighted by atomic mass is 19.1. The van der Waals surface area contributed by atoms with Crippen molar-refractivity contribution in [3.8, 4) is 0 Å².